The third-order valence-electron chi connectivity index (χ3n) is 2.10. The van der Waals surface area contributed by atoms with Crippen molar-refractivity contribution >= 4 is 0 Å². The molecular formula is C8H16N2. The predicted octanol–water partition coefficient (Wildman–Crippen LogP) is 0.597. The van der Waals surface area contributed by atoms with Gasteiger partial charge in [-0.05, 0) is 13.0 Å². The largest absolute Gasteiger partial charge is 0.327 e. The zero-order chi connectivity index (χ0) is 7.40. The van der Waals surface area contributed by atoms with E-state index in [0.29, 0.717) is 0 Å². The topological polar surface area (TPSA) is 29.3 Å². The van der Waals surface area contributed by atoms with Crippen LogP contribution >= 0.6 is 0 Å². The molecule has 0 aromatic heterocycles. The number of nitrogens with two attached hydrogens (primary N) is 1. The molecule has 0 aromatic carbocycles. The summed E-state index contributed by atoms with van der Waals surface area (Å²) in [6.07, 6.45) is 3.43. The molecule has 0 radical (unpaired) electrons. The minimum Gasteiger partial charge on any atom is -0.327 e. The van der Waals surface area contributed by atoms with Gasteiger partial charge in [0.1, 0.15) is 0 Å². The van der Waals surface area contributed by atoms with E-state index in [1.54, 1.807) is 0 Å². The SMILES string of the molecule is CCN1CC=C(CN)CC1. The first-order valence-corrected chi connectivity index (χ1v) is 3.97. The predicted molar refractivity (Wildman–Crippen MR) is 43.9 cm³/mol. The number of likely N-dealkylation sites (N-methyl/N-ethyl adjacent to an activating group) is 1. The van der Waals surface area contributed by atoms with Gasteiger partial charge in [-0.2, -0.15) is 0 Å². The van der Waals surface area contributed by atoms with E-state index < -0.39 is 0 Å². The molecular weight excluding hydrogens is 124 g/mol. The van der Waals surface area contributed by atoms with Gasteiger partial charge in [0.05, 0.1) is 0 Å². The van der Waals surface area contributed by atoms with Crippen molar-refractivity contribution in [2.45, 2.75) is 13.3 Å². The molecule has 0 saturated heterocycles. The van der Waals surface area contributed by atoms with Crippen molar-refractivity contribution in [3.8, 4) is 0 Å². The average Bonchev–Trinajstić information content (AvgIpc) is 2.05. The summed E-state index contributed by atoms with van der Waals surface area (Å²) < 4.78 is 0. The van der Waals surface area contributed by atoms with Crippen molar-refractivity contribution in [3.63, 3.8) is 0 Å². The van der Waals surface area contributed by atoms with E-state index >= 15 is 0 Å². The third kappa shape index (κ3) is 1.82. The molecule has 0 unspecified atom stereocenters. The fourth-order valence-corrected chi connectivity index (χ4v) is 1.23. The van der Waals surface area contributed by atoms with Crippen molar-refractivity contribution in [2.75, 3.05) is 26.2 Å². The second kappa shape index (κ2) is 3.74. The summed E-state index contributed by atoms with van der Waals surface area (Å²) in [5.41, 5.74) is 6.92. The molecule has 2 nitrogen and oxygen atoms in total. The second-order valence-electron chi connectivity index (χ2n) is 2.71. The summed E-state index contributed by atoms with van der Waals surface area (Å²) in [6.45, 7) is 6.40. The molecule has 10 heavy (non-hydrogen) atoms. The lowest BCUT2D eigenvalue weighted by Gasteiger charge is -2.23. The van der Waals surface area contributed by atoms with Crippen molar-refractivity contribution in [1.82, 2.24) is 4.90 Å². The highest BCUT2D eigenvalue weighted by Crippen LogP contribution is 2.07. The van der Waals surface area contributed by atoms with Crippen molar-refractivity contribution < 1.29 is 0 Å². The molecule has 0 aliphatic carbocycles. The lowest BCUT2D eigenvalue weighted by molar-refractivity contribution is 0.309. The van der Waals surface area contributed by atoms with Crippen LogP contribution in [0.5, 0.6) is 0 Å². The van der Waals surface area contributed by atoms with E-state index in [1.165, 1.54) is 18.5 Å². The van der Waals surface area contributed by atoms with Gasteiger partial charge in [-0.1, -0.05) is 18.6 Å². The molecule has 0 atom stereocenters. The smallest absolute Gasteiger partial charge is 0.0166 e. The van der Waals surface area contributed by atoms with E-state index in [1.807, 2.05) is 0 Å². The maximum absolute atomic E-state index is 5.50. The first-order valence-electron chi connectivity index (χ1n) is 3.97. The van der Waals surface area contributed by atoms with E-state index in [-0.39, 0.29) is 0 Å². The van der Waals surface area contributed by atoms with Gasteiger partial charge in [-0.3, -0.25) is 4.90 Å². The molecule has 58 valence electrons. The summed E-state index contributed by atoms with van der Waals surface area (Å²) in [4.78, 5) is 2.42. The molecule has 2 N–H and O–H groups in total. The third-order valence-corrected chi connectivity index (χ3v) is 2.10. The van der Waals surface area contributed by atoms with Crippen molar-refractivity contribution in [3.05, 3.63) is 11.6 Å². The first-order chi connectivity index (χ1) is 4.86. The summed E-state index contributed by atoms with van der Waals surface area (Å²) in [6, 6.07) is 0. The van der Waals surface area contributed by atoms with Crippen LogP contribution in [-0.4, -0.2) is 31.1 Å². The Hall–Kier alpha value is -0.340. The Morgan fingerprint density at radius 3 is 2.90 bits per heavy atom. The van der Waals surface area contributed by atoms with Crippen LogP contribution in [0.2, 0.25) is 0 Å². The Morgan fingerprint density at radius 1 is 1.70 bits per heavy atom. The minimum atomic E-state index is 0.748. The van der Waals surface area contributed by atoms with Crippen LogP contribution in [0.15, 0.2) is 11.6 Å². The summed E-state index contributed by atoms with van der Waals surface area (Å²) in [5, 5.41) is 0. The second-order valence-corrected chi connectivity index (χ2v) is 2.71. The van der Waals surface area contributed by atoms with Gasteiger partial charge in [0.2, 0.25) is 0 Å². The van der Waals surface area contributed by atoms with Crippen LogP contribution in [0.4, 0.5) is 0 Å². The Bertz CT molecular complexity index is 129. The Balaban J connectivity index is 2.36. The molecule has 1 rings (SSSR count). The lowest BCUT2D eigenvalue weighted by Crippen LogP contribution is -2.29. The van der Waals surface area contributed by atoms with Crippen molar-refractivity contribution in [2.24, 2.45) is 5.73 Å². The van der Waals surface area contributed by atoms with E-state index in [4.69, 9.17) is 5.73 Å². The fraction of sp³-hybridized carbons (Fsp3) is 0.750. The van der Waals surface area contributed by atoms with Crippen molar-refractivity contribution in [1.29, 1.82) is 0 Å². The van der Waals surface area contributed by atoms with Crippen LogP contribution in [0.25, 0.3) is 0 Å². The number of nitrogens with zero attached hydrogens (tertiary/aromatic N) is 1. The molecule has 1 aliphatic rings. The van der Waals surface area contributed by atoms with Crippen LogP contribution < -0.4 is 5.73 Å². The van der Waals surface area contributed by atoms with Gasteiger partial charge in [-0.15, -0.1) is 0 Å². The maximum atomic E-state index is 5.50. The van der Waals surface area contributed by atoms with Crippen LogP contribution in [-0.2, 0) is 0 Å². The number of hydrogen-bond acceptors (Lipinski definition) is 2. The van der Waals surface area contributed by atoms with E-state index in [9.17, 15) is 0 Å². The quantitative estimate of drug-likeness (QED) is 0.569. The monoisotopic (exact) mass is 140 g/mol. The summed E-state index contributed by atoms with van der Waals surface area (Å²) in [7, 11) is 0. The molecule has 0 aromatic rings. The number of rotatable bonds is 2. The Morgan fingerprint density at radius 2 is 2.50 bits per heavy atom. The average molecular weight is 140 g/mol. The normalized spacial score (nSPS) is 20.8. The number of hydrogen-bond donors (Lipinski definition) is 1. The van der Waals surface area contributed by atoms with E-state index in [0.717, 1.165) is 19.6 Å². The van der Waals surface area contributed by atoms with Gasteiger partial charge in [0.15, 0.2) is 0 Å². The molecule has 0 saturated carbocycles. The Kier molecular flexibility index (Phi) is 2.90. The molecule has 0 spiro atoms. The maximum Gasteiger partial charge on any atom is 0.0166 e. The molecule has 1 aliphatic heterocycles. The summed E-state index contributed by atoms with van der Waals surface area (Å²) in [5.74, 6) is 0. The first kappa shape index (κ1) is 7.76. The zero-order valence-electron chi connectivity index (χ0n) is 6.64. The van der Waals surface area contributed by atoms with Gasteiger partial charge >= 0.3 is 0 Å². The lowest BCUT2D eigenvalue weighted by atomic mass is 10.1. The highest BCUT2D eigenvalue weighted by Gasteiger charge is 2.07. The Labute approximate surface area is 62.7 Å². The standard InChI is InChI=1S/C8H16N2/c1-2-10-5-3-8(7-9)4-6-10/h3H,2,4-7,9H2,1H3. The summed E-state index contributed by atoms with van der Waals surface area (Å²) >= 11 is 0. The highest BCUT2D eigenvalue weighted by atomic mass is 15.1. The van der Waals surface area contributed by atoms with Crippen LogP contribution in [0.3, 0.4) is 0 Å². The minimum absolute atomic E-state index is 0.748. The highest BCUT2D eigenvalue weighted by molar-refractivity contribution is 5.08. The van der Waals surface area contributed by atoms with Gasteiger partial charge in [0.25, 0.3) is 0 Å². The van der Waals surface area contributed by atoms with Crippen LogP contribution in [0.1, 0.15) is 13.3 Å². The fourth-order valence-electron chi connectivity index (χ4n) is 1.23. The van der Waals surface area contributed by atoms with E-state index in [2.05, 4.69) is 17.9 Å². The van der Waals surface area contributed by atoms with Gasteiger partial charge in [0, 0.05) is 19.6 Å². The molecule has 0 fully saturated rings. The molecule has 1 heterocycles. The molecule has 0 bridgehead atoms. The molecule has 0 amide bonds. The zero-order valence-corrected chi connectivity index (χ0v) is 6.64. The van der Waals surface area contributed by atoms with Crippen LogP contribution in [0, 0.1) is 0 Å². The van der Waals surface area contributed by atoms with Gasteiger partial charge in [-0.25, -0.2) is 0 Å². The molecule has 2 heteroatoms. The van der Waals surface area contributed by atoms with Gasteiger partial charge < -0.3 is 5.73 Å².